The van der Waals surface area contributed by atoms with Crippen molar-refractivity contribution in [2.24, 2.45) is 0 Å². The van der Waals surface area contributed by atoms with Crippen LogP contribution in [0.5, 0.6) is 0 Å². The molecule has 3 heterocycles. The molecule has 30 heavy (non-hydrogen) atoms. The molecule has 6 nitrogen and oxygen atoms in total. The van der Waals surface area contributed by atoms with Crippen LogP contribution in [-0.2, 0) is 0 Å². The fourth-order valence-corrected chi connectivity index (χ4v) is 4.79. The number of para-hydroxylation sites is 1. The molecule has 3 aromatic heterocycles. The Hall–Kier alpha value is -3.06. The van der Waals surface area contributed by atoms with Gasteiger partial charge in [0.25, 0.3) is 11.8 Å². The Morgan fingerprint density at radius 2 is 1.87 bits per heavy atom. The number of rotatable bonds is 4. The van der Waals surface area contributed by atoms with E-state index in [1.165, 1.54) is 11.3 Å². The predicted octanol–water partition coefficient (Wildman–Crippen LogP) is 5.96. The number of fused-ring (bicyclic) bond motifs is 1. The standard InChI is InChI=1S/C23H24N4O2S/c1-11(2)20-26-22(29-27-20)16-9-7-8-12(3)18(16)25-21(28)19-15(6)17-13(4)10-14(5)24-23(17)30-19/h7-11H,1-6H3,(H,25,28). The topological polar surface area (TPSA) is 80.9 Å². The van der Waals surface area contributed by atoms with Gasteiger partial charge in [0.05, 0.1) is 16.1 Å². The summed E-state index contributed by atoms with van der Waals surface area (Å²) in [5.41, 5.74) is 5.35. The average molecular weight is 421 g/mol. The van der Waals surface area contributed by atoms with Crippen LogP contribution in [0.15, 0.2) is 28.8 Å². The first-order valence-corrected chi connectivity index (χ1v) is 10.7. The van der Waals surface area contributed by atoms with Crippen molar-refractivity contribution < 1.29 is 9.32 Å². The van der Waals surface area contributed by atoms with Crippen LogP contribution in [0.1, 0.15) is 57.6 Å². The zero-order chi connectivity index (χ0) is 21.6. The van der Waals surface area contributed by atoms with Gasteiger partial charge in [-0.15, -0.1) is 11.3 Å². The Labute approximate surface area is 179 Å². The molecule has 4 rings (SSSR count). The molecule has 0 unspecified atom stereocenters. The Bertz CT molecular complexity index is 1270. The summed E-state index contributed by atoms with van der Waals surface area (Å²) in [5.74, 6) is 1.04. The van der Waals surface area contributed by atoms with E-state index in [0.717, 1.165) is 32.6 Å². The van der Waals surface area contributed by atoms with Crippen LogP contribution in [0.4, 0.5) is 5.69 Å². The van der Waals surface area contributed by atoms with Gasteiger partial charge >= 0.3 is 0 Å². The molecule has 4 aromatic rings. The van der Waals surface area contributed by atoms with Crippen molar-refractivity contribution in [2.45, 2.75) is 47.5 Å². The summed E-state index contributed by atoms with van der Waals surface area (Å²) < 4.78 is 5.48. The Balaban J connectivity index is 1.75. The van der Waals surface area contributed by atoms with Crippen molar-refractivity contribution in [1.82, 2.24) is 15.1 Å². The second-order valence-corrected chi connectivity index (χ2v) is 8.88. The van der Waals surface area contributed by atoms with Crippen molar-refractivity contribution in [3.63, 3.8) is 0 Å². The number of pyridine rings is 1. The van der Waals surface area contributed by atoms with Crippen LogP contribution < -0.4 is 5.32 Å². The SMILES string of the molecule is Cc1cc(C)c2c(C)c(C(=O)Nc3c(C)cccc3-c3nc(C(C)C)no3)sc2n1. The maximum atomic E-state index is 13.3. The molecule has 7 heteroatoms. The number of hydrogen-bond acceptors (Lipinski definition) is 6. The van der Waals surface area contributed by atoms with Crippen molar-refractivity contribution in [1.29, 1.82) is 0 Å². The van der Waals surface area contributed by atoms with Gasteiger partial charge in [0.2, 0.25) is 0 Å². The third kappa shape index (κ3) is 3.50. The number of aromatic nitrogens is 3. The Morgan fingerprint density at radius 1 is 1.10 bits per heavy atom. The lowest BCUT2D eigenvalue weighted by Crippen LogP contribution is -2.13. The number of benzene rings is 1. The van der Waals surface area contributed by atoms with Gasteiger partial charge < -0.3 is 9.84 Å². The minimum absolute atomic E-state index is 0.158. The fraction of sp³-hybridized carbons (Fsp3) is 0.304. The highest BCUT2D eigenvalue weighted by atomic mass is 32.1. The quantitative estimate of drug-likeness (QED) is 0.441. The number of carbonyl (C=O) groups excluding carboxylic acids is 1. The van der Waals surface area contributed by atoms with Crippen LogP contribution >= 0.6 is 11.3 Å². The van der Waals surface area contributed by atoms with Gasteiger partial charge in [-0.3, -0.25) is 4.79 Å². The first-order chi connectivity index (χ1) is 14.3. The highest BCUT2D eigenvalue weighted by molar-refractivity contribution is 7.20. The third-order valence-electron chi connectivity index (χ3n) is 5.13. The average Bonchev–Trinajstić information content (AvgIpc) is 3.28. The second-order valence-electron chi connectivity index (χ2n) is 7.88. The lowest BCUT2D eigenvalue weighted by molar-refractivity contribution is 0.103. The number of thiophene rings is 1. The number of nitrogens with zero attached hydrogens (tertiary/aromatic N) is 3. The lowest BCUT2D eigenvalue weighted by atomic mass is 10.1. The van der Waals surface area contributed by atoms with Crippen LogP contribution in [0, 0.1) is 27.7 Å². The molecule has 0 fully saturated rings. The number of amides is 1. The van der Waals surface area contributed by atoms with E-state index in [2.05, 4.69) is 27.4 Å². The normalized spacial score (nSPS) is 11.4. The van der Waals surface area contributed by atoms with Crippen molar-refractivity contribution >= 4 is 33.1 Å². The van der Waals surface area contributed by atoms with Gasteiger partial charge in [0, 0.05) is 17.0 Å². The van der Waals surface area contributed by atoms with E-state index in [4.69, 9.17) is 4.52 Å². The smallest absolute Gasteiger partial charge is 0.266 e. The summed E-state index contributed by atoms with van der Waals surface area (Å²) >= 11 is 1.42. The summed E-state index contributed by atoms with van der Waals surface area (Å²) in [4.78, 5) is 23.9. The molecular formula is C23H24N4O2S. The highest BCUT2D eigenvalue weighted by Gasteiger charge is 2.22. The number of anilines is 1. The summed E-state index contributed by atoms with van der Waals surface area (Å²) in [6, 6.07) is 7.80. The first kappa shape index (κ1) is 20.2. The first-order valence-electron chi connectivity index (χ1n) is 9.88. The Morgan fingerprint density at radius 3 is 2.57 bits per heavy atom. The summed E-state index contributed by atoms with van der Waals surface area (Å²) in [6.07, 6.45) is 0. The molecule has 0 aliphatic rings. The zero-order valence-corrected chi connectivity index (χ0v) is 18.8. The number of hydrogen-bond donors (Lipinski definition) is 1. The van der Waals surface area contributed by atoms with Crippen LogP contribution in [0.25, 0.3) is 21.7 Å². The van der Waals surface area contributed by atoms with Crippen molar-refractivity contribution in [2.75, 3.05) is 5.32 Å². The molecule has 0 spiro atoms. The fourth-order valence-electron chi connectivity index (χ4n) is 3.60. The highest BCUT2D eigenvalue weighted by Crippen LogP contribution is 2.35. The summed E-state index contributed by atoms with van der Waals surface area (Å²) in [7, 11) is 0. The maximum Gasteiger partial charge on any atom is 0.266 e. The molecule has 0 saturated heterocycles. The minimum Gasteiger partial charge on any atom is -0.334 e. The van der Waals surface area contributed by atoms with Crippen LogP contribution in [-0.4, -0.2) is 21.0 Å². The van der Waals surface area contributed by atoms with Gasteiger partial charge in [-0.2, -0.15) is 4.98 Å². The van der Waals surface area contributed by atoms with E-state index in [9.17, 15) is 4.79 Å². The number of nitrogens with one attached hydrogen (secondary N) is 1. The van der Waals surface area contributed by atoms with E-state index < -0.39 is 0 Å². The zero-order valence-electron chi connectivity index (χ0n) is 18.0. The second kappa shape index (κ2) is 7.65. The largest absolute Gasteiger partial charge is 0.334 e. The summed E-state index contributed by atoms with van der Waals surface area (Å²) in [6.45, 7) is 12.0. The van der Waals surface area contributed by atoms with Crippen LogP contribution in [0.3, 0.4) is 0 Å². The van der Waals surface area contributed by atoms with E-state index in [1.807, 2.05) is 58.9 Å². The third-order valence-corrected chi connectivity index (χ3v) is 6.32. The van der Waals surface area contributed by atoms with E-state index in [-0.39, 0.29) is 11.8 Å². The molecule has 1 N–H and O–H groups in total. The van der Waals surface area contributed by atoms with Gasteiger partial charge in [-0.25, -0.2) is 4.98 Å². The van der Waals surface area contributed by atoms with Gasteiger partial charge in [-0.1, -0.05) is 31.1 Å². The van der Waals surface area contributed by atoms with E-state index in [1.54, 1.807) is 0 Å². The molecule has 154 valence electrons. The molecule has 0 saturated carbocycles. The van der Waals surface area contributed by atoms with Crippen LogP contribution in [0.2, 0.25) is 0 Å². The number of aryl methyl sites for hydroxylation is 4. The molecule has 0 aliphatic carbocycles. The molecular weight excluding hydrogens is 396 g/mol. The minimum atomic E-state index is -0.160. The van der Waals surface area contributed by atoms with E-state index >= 15 is 0 Å². The number of carbonyl (C=O) groups is 1. The molecule has 0 bridgehead atoms. The molecule has 0 radical (unpaired) electrons. The molecule has 1 amide bonds. The van der Waals surface area contributed by atoms with Crippen molar-refractivity contribution in [3.8, 4) is 11.5 Å². The van der Waals surface area contributed by atoms with E-state index in [0.29, 0.717) is 27.8 Å². The predicted molar refractivity (Wildman–Crippen MR) is 120 cm³/mol. The molecule has 1 aromatic carbocycles. The Kier molecular flexibility index (Phi) is 5.15. The van der Waals surface area contributed by atoms with Gasteiger partial charge in [0.1, 0.15) is 4.83 Å². The maximum absolute atomic E-state index is 13.3. The summed E-state index contributed by atoms with van der Waals surface area (Å²) in [5, 5.41) is 8.19. The molecule has 0 aliphatic heterocycles. The van der Waals surface area contributed by atoms with Gasteiger partial charge in [0.15, 0.2) is 5.82 Å². The molecule has 0 atom stereocenters. The lowest BCUT2D eigenvalue weighted by Gasteiger charge is -2.11. The monoisotopic (exact) mass is 420 g/mol. The van der Waals surface area contributed by atoms with Gasteiger partial charge in [-0.05, 0) is 56.5 Å². The van der Waals surface area contributed by atoms with Crippen molar-refractivity contribution in [3.05, 3.63) is 57.4 Å².